The molecule has 0 bridgehead atoms. The molecule has 1 saturated heterocycles. The van der Waals surface area contributed by atoms with Gasteiger partial charge in [-0.1, -0.05) is 49.4 Å². The average molecular weight is 606 g/mol. The fraction of sp³-hybridized carbons (Fsp3) is 0.286. The number of benzene rings is 3. The van der Waals surface area contributed by atoms with Crippen molar-refractivity contribution in [1.29, 1.82) is 0 Å². The Morgan fingerprint density at radius 2 is 1.84 bits per heavy atom. The number of carbonyl (C=O) groups is 1. The molecule has 0 spiro atoms. The highest BCUT2D eigenvalue weighted by molar-refractivity contribution is 6.06. The largest absolute Gasteiger partial charge is 0.391 e. The fourth-order valence-electron chi connectivity index (χ4n) is 5.86. The summed E-state index contributed by atoms with van der Waals surface area (Å²) >= 11 is 0. The van der Waals surface area contributed by atoms with E-state index in [1.807, 2.05) is 54.6 Å². The standard InChI is InChI=1S/C35H39N7O3/c1-2-28-25(20-37-21-27(43)19-23-7-4-3-5-8-23)9-6-10-30(28)39-31-29(33(36)44)22-38-35-32(31)40-34(41-35)24-11-13-26(14-12-24)42-15-17-45-18-16-42/h3-14,22,27,37,43H,2,15-21H2,1H3,(H2,36,44)(H2,38,39,40,41). The minimum Gasteiger partial charge on any atom is -0.391 e. The predicted molar refractivity (Wildman–Crippen MR) is 178 cm³/mol. The highest BCUT2D eigenvalue weighted by Gasteiger charge is 2.20. The van der Waals surface area contributed by atoms with E-state index >= 15 is 0 Å². The Kier molecular flexibility index (Phi) is 9.35. The number of hydrogen-bond acceptors (Lipinski definition) is 8. The lowest BCUT2D eigenvalue weighted by atomic mass is 10.0. The first kappa shape index (κ1) is 30.3. The maximum Gasteiger partial charge on any atom is 0.252 e. The van der Waals surface area contributed by atoms with Gasteiger partial charge in [-0.3, -0.25) is 4.79 Å². The quantitative estimate of drug-likeness (QED) is 0.139. The number of aliphatic hydroxyl groups is 1. The Labute approximate surface area is 262 Å². The molecule has 10 heteroatoms. The van der Waals surface area contributed by atoms with Gasteiger partial charge in [0, 0.05) is 49.3 Å². The summed E-state index contributed by atoms with van der Waals surface area (Å²) in [6, 6.07) is 24.3. The lowest BCUT2D eigenvalue weighted by Gasteiger charge is -2.28. The van der Waals surface area contributed by atoms with Crippen LogP contribution in [0.15, 0.2) is 79.0 Å². The van der Waals surface area contributed by atoms with Crippen molar-refractivity contribution in [3.8, 4) is 11.4 Å². The summed E-state index contributed by atoms with van der Waals surface area (Å²) in [6.07, 6.45) is 2.34. The molecule has 45 heavy (non-hydrogen) atoms. The number of ether oxygens (including phenoxy) is 1. The minimum absolute atomic E-state index is 0.273. The summed E-state index contributed by atoms with van der Waals surface area (Å²) in [5.41, 5.74) is 13.9. The second-order valence-electron chi connectivity index (χ2n) is 11.2. The smallest absolute Gasteiger partial charge is 0.252 e. The van der Waals surface area contributed by atoms with E-state index in [0.29, 0.717) is 42.2 Å². The molecule has 1 fully saturated rings. The van der Waals surface area contributed by atoms with Crippen molar-refractivity contribution in [2.75, 3.05) is 43.1 Å². The monoisotopic (exact) mass is 605 g/mol. The van der Waals surface area contributed by atoms with Crippen LogP contribution in [0.3, 0.4) is 0 Å². The number of primary amides is 1. The van der Waals surface area contributed by atoms with Crippen molar-refractivity contribution in [2.24, 2.45) is 5.73 Å². The van der Waals surface area contributed by atoms with Gasteiger partial charge in [0.25, 0.3) is 5.91 Å². The van der Waals surface area contributed by atoms with Crippen LogP contribution in [-0.4, -0.2) is 64.9 Å². The number of hydrogen-bond donors (Lipinski definition) is 5. The molecule has 1 unspecified atom stereocenters. The Bertz CT molecular complexity index is 1750. The van der Waals surface area contributed by atoms with Crippen LogP contribution in [0.2, 0.25) is 0 Å². The molecule has 0 saturated carbocycles. The molecule has 232 valence electrons. The van der Waals surface area contributed by atoms with E-state index in [0.717, 1.165) is 66.4 Å². The summed E-state index contributed by atoms with van der Waals surface area (Å²) in [5.74, 6) is 0.0691. The van der Waals surface area contributed by atoms with E-state index in [2.05, 4.69) is 50.6 Å². The van der Waals surface area contributed by atoms with Crippen molar-refractivity contribution in [3.05, 3.63) is 101 Å². The first-order valence-electron chi connectivity index (χ1n) is 15.4. The van der Waals surface area contributed by atoms with Gasteiger partial charge in [-0.25, -0.2) is 9.97 Å². The number of nitrogens with two attached hydrogens (primary N) is 1. The van der Waals surface area contributed by atoms with Crippen LogP contribution in [0.4, 0.5) is 17.1 Å². The van der Waals surface area contributed by atoms with Crippen LogP contribution in [0.5, 0.6) is 0 Å². The molecule has 5 aromatic rings. The molecular formula is C35H39N7O3. The van der Waals surface area contributed by atoms with Gasteiger partial charge in [-0.05, 0) is 59.9 Å². The average Bonchev–Trinajstić information content (AvgIpc) is 3.51. The zero-order valence-electron chi connectivity index (χ0n) is 25.4. The Morgan fingerprint density at radius 1 is 1.07 bits per heavy atom. The highest BCUT2D eigenvalue weighted by Crippen LogP contribution is 2.33. The van der Waals surface area contributed by atoms with E-state index in [9.17, 15) is 9.90 Å². The van der Waals surface area contributed by atoms with E-state index in [4.69, 9.17) is 15.5 Å². The van der Waals surface area contributed by atoms with Gasteiger partial charge in [0.05, 0.1) is 30.6 Å². The van der Waals surface area contributed by atoms with Crippen LogP contribution in [0.25, 0.3) is 22.6 Å². The third kappa shape index (κ3) is 6.99. The molecule has 3 aromatic carbocycles. The number of nitrogens with zero attached hydrogens (tertiary/aromatic N) is 3. The van der Waals surface area contributed by atoms with Gasteiger partial charge in [0.2, 0.25) is 0 Å². The first-order valence-corrected chi connectivity index (χ1v) is 15.4. The maximum atomic E-state index is 12.5. The van der Waals surface area contributed by atoms with Crippen LogP contribution < -0.4 is 21.3 Å². The topological polar surface area (TPSA) is 141 Å². The molecule has 6 rings (SSSR count). The van der Waals surface area contributed by atoms with Gasteiger partial charge in [-0.2, -0.15) is 0 Å². The second-order valence-corrected chi connectivity index (χ2v) is 11.2. The highest BCUT2D eigenvalue weighted by atomic mass is 16.5. The van der Waals surface area contributed by atoms with Crippen LogP contribution in [0, 0.1) is 0 Å². The van der Waals surface area contributed by atoms with E-state index in [1.54, 1.807) is 0 Å². The van der Waals surface area contributed by atoms with E-state index in [1.165, 1.54) is 6.20 Å². The number of rotatable bonds is 12. The molecule has 0 radical (unpaired) electrons. The summed E-state index contributed by atoms with van der Waals surface area (Å²) < 4.78 is 5.48. The summed E-state index contributed by atoms with van der Waals surface area (Å²) in [5, 5.41) is 17.5. The molecule has 3 heterocycles. The molecular weight excluding hydrogens is 566 g/mol. The Hall–Kier alpha value is -4.77. The first-order chi connectivity index (χ1) is 22.0. The van der Waals surface area contributed by atoms with Crippen LogP contribution in [-0.2, 0) is 24.1 Å². The van der Waals surface area contributed by atoms with Gasteiger partial charge >= 0.3 is 0 Å². The van der Waals surface area contributed by atoms with Crippen LogP contribution >= 0.6 is 0 Å². The number of imidazole rings is 1. The van der Waals surface area contributed by atoms with Gasteiger partial charge in [0.1, 0.15) is 11.3 Å². The third-order valence-corrected chi connectivity index (χ3v) is 8.20. The second kappa shape index (κ2) is 13.9. The minimum atomic E-state index is -0.582. The van der Waals surface area contributed by atoms with Crippen molar-refractivity contribution in [2.45, 2.75) is 32.4 Å². The molecule has 6 N–H and O–H groups in total. The summed E-state index contributed by atoms with van der Waals surface area (Å²) in [7, 11) is 0. The number of H-pyrrole nitrogens is 1. The summed E-state index contributed by atoms with van der Waals surface area (Å²) in [4.78, 5) is 27.4. The maximum absolute atomic E-state index is 12.5. The number of aromatic amines is 1. The zero-order chi connectivity index (χ0) is 31.2. The molecule has 10 nitrogen and oxygen atoms in total. The SMILES string of the molecule is CCc1c(CNCC(O)Cc2ccccc2)cccc1Nc1c(C(N)=O)cnc2nc(-c3ccc(N4CCOCC4)cc3)[nH]c12. The van der Waals surface area contributed by atoms with Crippen molar-refractivity contribution in [3.63, 3.8) is 0 Å². The Morgan fingerprint density at radius 3 is 2.58 bits per heavy atom. The third-order valence-electron chi connectivity index (χ3n) is 8.20. The fourth-order valence-corrected chi connectivity index (χ4v) is 5.86. The number of aliphatic hydroxyl groups excluding tert-OH is 1. The van der Waals surface area contributed by atoms with E-state index in [-0.39, 0.29) is 5.56 Å². The molecule has 1 amide bonds. The number of morpholine rings is 1. The molecule has 1 atom stereocenters. The van der Waals surface area contributed by atoms with Gasteiger partial charge in [0.15, 0.2) is 5.65 Å². The normalized spacial score (nSPS) is 14.0. The van der Waals surface area contributed by atoms with Crippen LogP contribution in [0.1, 0.15) is 34.0 Å². The Balaban J connectivity index is 1.23. The number of carbonyl (C=O) groups excluding carboxylic acids is 1. The van der Waals surface area contributed by atoms with Crippen molar-refractivity contribution < 1.29 is 14.6 Å². The molecule has 1 aliphatic rings. The van der Waals surface area contributed by atoms with Gasteiger partial charge < -0.3 is 36.1 Å². The predicted octanol–water partition coefficient (Wildman–Crippen LogP) is 4.56. The number of pyridine rings is 1. The van der Waals surface area contributed by atoms with Crippen molar-refractivity contribution >= 4 is 34.1 Å². The number of nitrogens with one attached hydrogen (secondary N) is 3. The summed E-state index contributed by atoms with van der Waals surface area (Å²) in [6.45, 7) is 6.35. The van der Waals surface area contributed by atoms with Crippen molar-refractivity contribution in [1.82, 2.24) is 20.3 Å². The number of anilines is 3. The number of aromatic nitrogens is 3. The van der Waals surface area contributed by atoms with Gasteiger partial charge in [-0.15, -0.1) is 0 Å². The lowest BCUT2D eigenvalue weighted by Crippen LogP contribution is -2.36. The van der Waals surface area contributed by atoms with E-state index < -0.39 is 12.0 Å². The zero-order valence-corrected chi connectivity index (χ0v) is 25.4. The number of amides is 1. The lowest BCUT2D eigenvalue weighted by molar-refractivity contribution is 0.100. The molecule has 1 aliphatic heterocycles. The number of fused-ring (bicyclic) bond motifs is 1. The molecule has 2 aromatic heterocycles. The molecule has 0 aliphatic carbocycles.